The molecule has 2 rings (SSSR count). The van der Waals surface area contributed by atoms with Gasteiger partial charge in [-0.05, 0) is 43.3 Å². The summed E-state index contributed by atoms with van der Waals surface area (Å²) in [4.78, 5) is 23.7. The third kappa shape index (κ3) is 7.17. The summed E-state index contributed by atoms with van der Waals surface area (Å²) in [6.45, 7) is 1.56. The predicted octanol–water partition coefficient (Wildman–Crippen LogP) is 3.24. The Balaban J connectivity index is 1.76. The second-order valence-corrected chi connectivity index (χ2v) is 8.41. The topological polar surface area (TPSA) is 111 Å². The van der Waals surface area contributed by atoms with Gasteiger partial charge in [0.2, 0.25) is 10.0 Å². The first-order valence-corrected chi connectivity index (χ1v) is 11.1. The van der Waals surface area contributed by atoms with E-state index in [1.54, 1.807) is 18.2 Å². The van der Waals surface area contributed by atoms with Crippen molar-refractivity contribution >= 4 is 50.8 Å². The molecule has 2 N–H and O–H groups in total. The van der Waals surface area contributed by atoms with Crippen molar-refractivity contribution < 1.29 is 27.5 Å². The lowest BCUT2D eigenvalue weighted by Crippen LogP contribution is -2.28. The quantitative estimate of drug-likeness (QED) is 0.511. The zero-order chi connectivity index (χ0) is 22.1. The number of rotatable bonds is 10. The van der Waals surface area contributed by atoms with E-state index in [1.807, 2.05) is 6.92 Å². The number of amides is 1. The second kappa shape index (κ2) is 11.2. The molecule has 11 heteroatoms. The summed E-state index contributed by atoms with van der Waals surface area (Å²) in [7, 11) is -3.79. The first-order valence-electron chi connectivity index (χ1n) is 8.85. The highest BCUT2D eigenvalue weighted by Gasteiger charge is 2.15. The number of sulfonamides is 1. The number of nitrogens with one attached hydrogen (secondary N) is 2. The first-order chi connectivity index (χ1) is 14.2. The lowest BCUT2D eigenvalue weighted by Gasteiger charge is -2.10. The minimum Gasteiger partial charge on any atom is -0.494 e. The molecule has 0 unspecified atom stereocenters. The zero-order valence-corrected chi connectivity index (χ0v) is 18.3. The van der Waals surface area contributed by atoms with E-state index in [2.05, 4.69) is 10.0 Å². The van der Waals surface area contributed by atoms with E-state index in [4.69, 9.17) is 32.7 Å². The molecule has 0 radical (unpaired) electrons. The summed E-state index contributed by atoms with van der Waals surface area (Å²) in [5.41, 5.74) is 0.285. The maximum Gasteiger partial charge on any atom is 0.307 e. The third-order valence-corrected chi connectivity index (χ3v) is 5.95. The van der Waals surface area contributed by atoms with Crippen molar-refractivity contribution in [2.24, 2.45) is 0 Å². The van der Waals surface area contributed by atoms with Crippen LogP contribution in [-0.4, -0.2) is 40.1 Å². The Morgan fingerprint density at radius 3 is 2.43 bits per heavy atom. The van der Waals surface area contributed by atoms with Crippen LogP contribution in [0.25, 0.3) is 0 Å². The first kappa shape index (κ1) is 23.9. The lowest BCUT2D eigenvalue weighted by atomic mass is 10.3. The molecule has 2 aromatic rings. The Hall–Kier alpha value is -2.33. The summed E-state index contributed by atoms with van der Waals surface area (Å²) < 4.78 is 36.8. The molecule has 0 bridgehead atoms. The van der Waals surface area contributed by atoms with Crippen LogP contribution in [0.1, 0.15) is 13.3 Å². The number of carbonyl (C=O) groups is 2. The molecule has 162 valence electrons. The van der Waals surface area contributed by atoms with Gasteiger partial charge in [0.25, 0.3) is 5.91 Å². The summed E-state index contributed by atoms with van der Waals surface area (Å²) in [6.07, 6.45) is -0.249. The van der Waals surface area contributed by atoms with Crippen molar-refractivity contribution in [3.8, 4) is 5.75 Å². The number of ether oxygens (including phenoxy) is 2. The van der Waals surface area contributed by atoms with E-state index in [0.717, 1.165) is 0 Å². The SMILES string of the molecule is CCOc1ccc(S(=O)(=O)NCCC(=O)OCC(=O)Nc2cccc(Cl)c2Cl)cc1. The van der Waals surface area contributed by atoms with Crippen LogP contribution >= 0.6 is 23.2 Å². The predicted molar refractivity (Wildman–Crippen MR) is 113 cm³/mol. The summed E-state index contributed by atoms with van der Waals surface area (Å²) in [5.74, 6) is -0.795. The van der Waals surface area contributed by atoms with Gasteiger partial charge in [0, 0.05) is 6.54 Å². The van der Waals surface area contributed by atoms with Crippen molar-refractivity contribution in [1.82, 2.24) is 4.72 Å². The molecule has 0 atom stereocenters. The van der Waals surface area contributed by atoms with Gasteiger partial charge in [-0.3, -0.25) is 9.59 Å². The van der Waals surface area contributed by atoms with Gasteiger partial charge in [-0.15, -0.1) is 0 Å². The molecule has 8 nitrogen and oxygen atoms in total. The Morgan fingerprint density at radius 2 is 1.77 bits per heavy atom. The maximum absolute atomic E-state index is 12.2. The summed E-state index contributed by atoms with van der Waals surface area (Å²) in [5, 5.41) is 2.91. The number of carbonyl (C=O) groups excluding carboxylic acids is 2. The standard InChI is InChI=1S/C19H20Cl2N2O6S/c1-2-28-13-6-8-14(9-7-13)30(26,27)22-11-10-18(25)29-12-17(24)23-16-5-3-4-15(20)19(16)21/h3-9,22H,2,10-12H2,1H3,(H,23,24). The van der Waals surface area contributed by atoms with Crippen LogP contribution in [-0.2, 0) is 24.3 Å². The molecule has 0 saturated heterocycles. The average Bonchev–Trinajstić information content (AvgIpc) is 2.70. The largest absolute Gasteiger partial charge is 0.494 e. The molecule has 0 fully saturated rings. The summed E-state index contributed by atoms with van der Waals surface area (Å²) in [6, 6.07) is 10.6. The lowest BCUT2D eigenvalue weighted by molar-refractivity contribution is -0.147. The third-order valence-electron chi connectivity index (χ3n) is 3.66. The molecule has 0 aliphatic heterocycles. The highest BCUT2D eigenvalue weighted by molar-refractivity contribution is 7.89. The van der Waals surface area contributed by atoms with Crippen molar-refractivity contribution in [3.63, 3.8) is 0 Å². The molecule has 0 spiro atoms. The van der Waals surface area contributed by atoms with Crippen LogP contribution < -0.4 is 14.8 Å². The Kier molecular flexibility index (Phi) is 8.91. The van der Waals surface area contributed by atoms with Crippen molar-refractivity contribution in [2.45, 2.75) is 18.2 Å². The van der Waals surface area contributed by atoms with Gasteiger partial charge in [-0.2, -0.15) is 0 Å². The van der Waals surface area contributed by atoms with Gasteiger partial charge >= 0.3 is 5.97 Å². The van der Waals surface area contributed by atoms with E-state index in [9.17, 15) is 18.0 Å². The van der Waals surface area contributed by atoms with E-state index in [-0.39, 0.29) is 33.6 Å². The smallest absolute Gasteiger partial charge is 0.307 e. The molecule has 2 aromatic carbocycles. The Bertz CT molecular complexity index is 997. The fourth-order valence-corrected chi connectivity index (χ4v) is 3.64. The Labute approximate surface area is 184 Å². The molecule has 0 aliphatic carbocycles. The molecular formula is C19H20Cl2N2O6S. The van der Waals surface area contributed by atoms with Crippen molar-refractivity contribution in [3.05, 3.63) is 52.5 Å². The van der Waals surface area contributed by atoms with E-state index in [0.29, 0.717) is 12.4 Å². The number of hydrogen-bond acceptors (Lipinski definition) is 6. The molecular weight excluding hydrogens is 455 g/mol. The van der Waals surface area contributed by atoms with E-state index in [1.165, 1.54) is 24.3 Å². The minimum absolute atomic E-state index is 0.0390. The average molecular weight is 475 g/mol. The maximum atomic E-state index is 12.2. The van der Waals surface area contributed by atoms with Crippen LogP contribution in [0.15, 0.2) is 47.4 Å². The fourth-order valence-electron chi connectivity index (χ4n) is 2.26. The monoisotopic (exact) mass is 474 g/mol. The Morgan fingerprint density at radius 1 is 1.07 bits per heavy atom. The van der Waals surface area contributed by atoms with Crippen LogP contribution in [0.4, 0.5) is 5.69 Å². The van der Waals surface area contributed by atoms with Crippen LogP contribution in [0.5, 0.6) is 5.75 Å². The van der Waals surface area contributed by atoms with Gasteiger partial charge in [0.05, 0.1) is 33.7 Å². The minimum atomic E-state index is -3.79. The van der Waals surface area contributed by atoms with Crippen LogP contribution in [0.2, 0.25) is 10.0 Å². The molecule has 0 saturated carbocycles. The van der Waals surface area contributed by atoms with Crippen molar-refractivity contribution in [1.29, 1.82) is 0 Å². The number of benzene rings is 2. The number of esters is 1. The molecule has 0 aromatic heterocycles. The number of anilines is 1. The van der Waals surface area contributed by atoms with Gasteiger partial charge < -0.3 is 14.8 Å². The zero-order valence-electron chi connectivity index (χ0n) is 16.0. The molecule has 1 amide bonds. The van der Waals surface area contributed by atoms with Gasteiger partial charge in [0.15, 0.2) is 6.61 Å². The highest BCUT2D eigenvalue weighted by Crippen LogP contribution is 2.29. The second-order valence-electron chi connectivity index (χ2n) is 5.86. The molecule has 30 heavy (non-hydrogen) atoms. The van der Waals surface area contributed by atoms with Gasteiger partial charge in [-0.25, -0.2) is 13.1 Å². The molecule has 0 aliphatic rings. The van der Waals surface area contributed by atoms with Gasteiger partial charge in [-0.1, -0.05) is 29.3 Å². The normalized spacial score (nSPS) is 11.0. The molecule has 0 heterocycles. The van der Waals surface area contributed by atoms with Crippen LogP contribution in [0, 0.1) is 0 Å². The van der Waals surface area contributed by atoms with E-state index >= 15 is 0 Å². The van der Waals surface area contributed by atoms with Crippen LogP contribution in [0.3, 0.4) is 0 Å². The van der Waals surface area contributed by atoms with E-state index < -0.39 is 28.5 Å². The van der Waals surface area contributed by atoms with Gasteiger partial charge in [0.1, 0.15) is 5.75 Å². The fraction of sp³-hybridized carbons (Fsp3) is 0.263. The number of hydrogen-bond donors (Lipinski definition) is 2. The summed E-state index contributed by atoms with van der Waals surface area (Å²) >= 11 is 11.8. The number of halogens is 2. The van der Waals surface area contributed by atoms with Crippen molar-refractivity contribution in [2.75, 3.05) is 25.1 Å². The highest BCUT2D eigenvalue weighted by atomic mass is 35.5.